The number of hydrogen-bond acceptors (Lipinski definition) is 6. The van der Waals surface area contributed by atoms with Crippen LogP contribution >= 0.6 is 67.9 Å². The second-order valence-corrected chi connectivity index (χ2v) is 11.4. The summed E-state index contributed by atoms with van der Waals surface area (Å²) in [4.78, 5) is 28.1. The van der Waals surface area contributed by atoms with Crippen LogP contribution < -0.4 is 0 Å². The Kier molecular flexibility index (Phi) is 22.6. The van der Waals surface area contributed by atoms with Crippen molar-refractivity contribution in [3.05, 3.63) is 143 Å². The van der Waals surface area contributed by atoms with E-state index in [2.05, 4.69) is 61.9 Å². The number of aryl methyl sites for hydroxylation is 4. The number of aliphatic imine (C=N–C) groups is 2. The number of nitrogens with zero attached hydrogens (tertiary/aromatic N) is 6. The largest absolute Gasteiger partial charge is 0.260 e. The van der Waals surface area contributed by atoms with Crippen molar-refractivity contribution in [1.29, 1.82) is 0 Å². The van der Waals surface area contributed by atoms with Gasteiger partial charge in [-0.2, -0.15) is 0 Å². The van der Waals surface area contributed by atoms with Gasteiger partial charge in [-0.3, -0.25) is 29.9 Å². The molecule has 2 radical (unpaired) electrons. The van der Waals surface area contributed by atoms with Crippen LogP contribution in [0.3, 0.4) is 0 Å². The van der Waals surface area contributed by atoms with E-state index in [1.165, 1.54) is 11.1 Å². The Morgan fingerprint density at radius 2 is 0.808 bits per heavy atom. The van der Waals surface area contributed by atoms with Crippen molar-refractivity contribution in [3.63, 3.8) is 0 Å². The van der Waals surface area contributed by atoms with Crippen LogP contribution in [0.1, 0.15) is 33.6 Å². The van der Waals surface area contributed by atoms with Crippen molar-refractivity contribution in [3.8, 4) is 33.9 Å². The monoisotopic (exact) mass is 1040 g/mol. The van der Waals surface area contributed by atoms with Crippen molar-refractivity contribution in [2.75, 3.05) is 0 Å². The van der Waals surface area contributed by atoms with E-state index < -0.39 is 0 Å². The summed E-state index contributed by atoms with van der Waals surface area (Å²) in [5.41, 5.74) is 14.3. The Morgan fingerprint density at radius 3 is 1.13 bits per heavy atom. The molecular weight excluding hydrogens is 1000 g/mol. The van der Waals surface area contributed by atoms with Gasteiger partial charge in [0.2, 0.25) is 0 Å². The smallest absolute Gasteiger partial charge is 0.0889 e. The molecule has 0 N–H and O–H groups in total. The molecule has 4 heterocycles. The molecule has 6 aromatic rings. The first kappa shape index (κ1) is 49.3. The van der Waals surface area contributed by atoms with Gasteiger partial charge in [-0.1, -0.05) is 24.3 Å². The summed E-state index contributed by atoms with van der Waals surface area (Å²) in [5, 5.41) is 0. The summed E-state index contributed by atoms with van der Waals surface area (Å²) >= 11 is 0. The zero-order valence-corrected chi connectivity index (χ0v) is 37.9. The average Bonchev–Trinajstić information content (AvgIpc) is 3.08. The zero-order valence-electron chi connectivity index (χ0n) is 28.9. The molecule has 0 spiro atoms. The molecule has 0 fully saturated rings. The van der Waals surface area contributed by atoms with Crippen LogP contribution in [-0.2, 0) is 46.4 Å². The predicted molar refractivity (Wildman–Crippen MR) is 231 cm³/mol. The summed E-state index contributed by atoms with van der Waals surface area (Å²) in [6.45, 7) is 8.49. The van der Waals surface area contributed by atoms with Crippen LogP contribution in [0, 0.1) is 27.7 Å². The Bertz CT molecular complexity index is 1870. The molecule has 0 unspecified atom stereocenters. The fourth-order valence-electron chi connectivity index (χ4n) is 5.61. The van der Waals surface area contributed by atoms with Gasteiger partial charge in [0.25, 0.3) is 0 Å². The maximum Gasteiger partial charge on any atom is 0.0889 e. The molecule has 12 heteroatoms. The number of hydrogen-bond donors (Lipinski definition) is 0. The maximum atomic E-state index is 4.86. The zero-order chi connectivity index (χ0) is 31.9. The third kappa shape index (κ3) is 12.7. The molecule has 52 heavy (non-hydrogen) atoms. The molecule has 0 saturated carbocycles. The van der Waals surface area contributed by atoms with Crippen molar-refractivity contribution in [2.24, 2.45) is 9.98 Å². The second-order valence-electron chi connectivity index (χ2n) is 11.4. The van der Waals surface area contributed by atoms with E-state index in [0.29, 0.717) is 12.8 Å². The Morgan fingerprint density at radius 1 is 0.462 bits per heavy atom. The molecule has 0 atom stereocenters. The molecule has 0 bridgehead atoms. The van der Waals surface area contributed by atoms with Gasteiger partial charge in [-0.05, 0) is 134 Å². The first-order valence-corrected chi connectivity index (χ1v) is 15.5. The first-order chi connectivity index (χ1) is 22.4. The Labute approximate surface area is 369 Å². The van der Waals surface area contributed by atoms with E-state index in [9.17, 15) is 0 Å². The topological polar surface area (TPSA) is 76.3 Å². The number of benzene rings is 2. The molecule has 0 saturated heterocycles. The quantitative estimate of drug-likeness (QED) is 0.135. The molecular formula is C40H40Br4Co2N6. The molecule has 0 aliphatic carbocycles. The summed E-state index contributed by atoms with van der Waals surface area (Å²) in [6, 6.07) is 32.7. The van der Waals surface area contributed by atoms with E-state index in [0.717, 1.165) is 67.8 Å². The minimum atomic E-state index is 0. The standard InChI is InChI=1S/C40H36N6.4BrH.2Co/c1-27-23-31(24-28(2)39(27)43-21-17-33-11-9-15-37(45-33)35-13-5-7-19-41-35)32-25-29(3)40(30(4)26-32)44-22-18-34-12-10-16-38(46-34)36-14-6-8-20-42-36;;;;;;/h5-16,19-26H,17-18H2,1-4H3;4*1H;;. The van der Waals surface area contributed by atoms with Crippen LogP contribution in [0.5, 0.6) is 0 Å². The SMILES string of the molecule is Br.Br.Br.Br.Cc1cc(-c2cc(C)c(N=CCc3cccc(-c4ccccn4)n3)c(C)c2)cc(C)c1N=CCc1cccc(-c2ccccn2)n1.[Co].[Co]. The van der Waals surface area contributed by atoms with Crippen LogP contribution in [0.2, 0.25) is 0 Å². The summed E-state index contributed by atoms with van der Waals surface area (Å²) in [7, 11) is 0. The normalized spacial score (nSPS) is 10.2. The van der Waals surface area contributed by atoms with Crippen molar-refractivity contribution < 1.29 is 33.6 Å². The third-order valence-corrected chi connectivity index (χ3v) is 7.83. The summed E-state index contributed by atoms with van der Waals surface area (Å²) in [5.74, 6) is 0. The van der Waals surface area contributed by atoms with E-state index in [1.807, 2.05) is 85.2 Å². The van der Waals surface area contributed by atoms with Gasteiger partial charge in [-0.15, -0.1) is 67.9 Å². The van der Waals surface area contributed by atoms with Gasteiger partial charge in [0.05, 0.1) is 34.2 Å². The van der Waals surface area contributed by atoms with Crippen LogP contribution in [0.25, 0.3) is 33.9 Å². The number of aromatic nitrogens is 4. The van der Waals surface area contributed by atoms with Gasteiger partial charge in [-0.25, -0.2) is 0 Å². The minimum Gasteiger partial charge on any atom is -0.260 e. The minimum absolute atomic E-state index is 0. The van der Waals surface area contributed by atoms with E-state index in [-0.39, 0.29) is 101 Å². The predicted octanol–water partition coefficient (Wildman–Crippen LogP) is 11.7. The molecule has 6 rings (SSSR count). The Hall–Kier alpha value is -2.69. The molecule has 2 aromatic carbocycles. The second kappa shape index (κ2) is 23.9. The maximum absolute atomic E-state index is 4.86. The molecule has 276 valence electrons. The van der Waals surface area contributed by atoms with E-state index >= 15 is 0 Å². The van der Waals surface area contributed by atoms with E-state index in [1.54, 1.807) is 12.4 Å². The van der Waals surface area contributed by atoms with Crippen LogP contribution in [0.4, 0.5) is 11.4 Å². The van der Waals surface area contributed by atoms with Gasteiger partial charge >= 0.3 is 0 Å². The number of halogens is 4. The summed E-state index contributed by atoms with van der Waals surface area (Å²) in [6.07, 6.45) is 8.77. The van der Waals surface area contributed by atoms with Gasteiger partial charge in [0.1, 0.15) is 0 Å². The number of pyridine rings is 4. The van der Waals surface area contributed by atoms with Crippen molar-refractivity contribution >= 4 is 91.7 Å². The third-order valence-electron chi connectivity index (χ3n) is 7.83. The molecule has 4 aromatic heterocycles. The fourth-order valence-corrected chi connectivity index (χ4v) is 5.61. The Balaban J connectivity index is 0.00000433. The van der Waals surface area contributed by atoms with Gasteiger partial charge in [0.15, 0.2) is 0 Å². The van der Waals surface area contributed by atoms with E-state index in [4.69, 9.17) is 20.0 Å². The first-order valence-electron chi connectivity index (χ1n) is 15.5. The fraction of sp³-hybridized carbons (Fsp3) is 0.150. The van der Waals surface area contributed by atoms with Crippen molar-refractivity contribution in [2.45, 2.75) is 40.5 Å². The molecule has 6 nitrogen and oxygen atoms in total. The van der Waals surface area contributed by atoms with Crippen molar-refractivity contribution in [1.82, 2.24) is 19.9 Å². The molecule has 0 aliphatic heterocycles. The van der Waals surface area contributed by atoms with Gasteiger partial charge in [0, 0.05) is 82.6 Å². The van der Waals surface area contributed by atoms with Gasteiger partial charge < -0.3 is 0 Å². The van der Waals surface area contributed by atoms with Crippen LogP contribution in [-0.4, -0.2) is 32.4 Å². The average molecular weight is 1040 g/mol. The molecule has 0 amide bonds. The molecule has 0 aliphatic rings. The summed E-state index contributed by atoms with van der Waals surface area (Å²) < 4.78 is 0. The van der Waals surface area contributed by atoms with Crippen LogP contribution in [0.15, 0.2) is 119 Å². The number of rotatable bonds is 9.